The van der Waals surface area contributed by atoms with Gasteiger partial charge in [0.2, 0.25) is 0 Å². The van der Waals surface area contributed by atoms with Crippen LogP contribution in [0.5, 0.6) is 0 Å². The molecule has 2 rings (SSSR count). The lowest BCUT2D eigenvalue weighted by molar-refractivity contribution is -0.0256. The molecule has 0 atom stereocenters. The van der Waals surface area contributed by atoms with Crippen molar-refractivity contribution in [3.05, 3.63) is 34.3 Å². The Morgan fingerprint density at radius 3 is 2.60 bits per heavy atom. The van der Waals surface area contributed by atoms with Crippen LogP contribution in [-0.2, 0) is 6.54 Å². The fourth-order valence-electron chi connectivity index (χ4n) is 2.59. The Morgan fingerprint density at radius 1 is 1.40 bits per heavy atom. The summed E-state index contributed by atoms with van der Waals surface area (Å²) in [6.07, 6.45) is 2.27. The maximum Gasteiger partial charge on any atom is 0.337 e. The molecule has 20 heavy (non-hydrogen) atoms. The van der Waals surface area contributed by atoms with Crippen LogP contribution in [0.25, 0.3) is 0 Å². The number of carboxylic acid groups (broad SMARTS) is 1. The lowest BCUT2D eigenvalue weighted by Crippen LogP contribution is -2.43. The molecule has 0 amide bonds. The van der Waals surface area contributed by atoms with E-state index in [0.717, 1.165) is 37.9 Å². The van der Waals surface area contributed by atoms with Gasteiger partial charge in [0.15, 0.2) is 0 Å². The predicted octanol–water partition coefficient (Wildman–Crippen LogP) is 2.78. The van der Waals surface area contributed by atoms with Crippen LogP contribution < -0.4 is 0 Å². The van der Waals surface area contributed by atoms with Gasteiger partial charge >= 0.3 is 5.97 Å². The highest BCUT2D eigenvalue weighted by Crippen LogP contribution is 2.28. The molecule has 110 valence electrons. The highest BCUT2D eigenvalue weighted by atomic mass is 35.5. The van der Waals surface area contributed by atoms with Crippen molar-refractivity contribution in [1.82, 2.24) is 4.90 Å². The van der Waals surface area contributed by atoms with Crippen molar-refractivity contribution in [2.24, 2.45) is 0 Å². The van der Waals surface area contributed by atoms with E-state index in [2.05, 4.69) is 4.90 Å². The first-order valence-corrected chi connectivity index (χ1v) is 7.28. The van der Waals surface area contributed by atoms with Gasteiger partial charge in [0, 0.05) is 19.6 Å². The molecule has 1 fully saturated rings. The Labute approximate surface area is 124 Å². The number of hydrogen-bond acceptors (Lipinski definition) is 3. The molecule has 0 saturated carbocycles. The van der Waals surface area contributed by atoms with Gasteiger partial charge in [-0.3, -0.25) is 4.90 Å². The molecule has 4 nitrogen and oxygen atoms in total. The van der Waals surface area contributed by atoms with Crippen LogP contribution in [0.4, 0.5) is 0 Å². The van der Waals surface area contributed by atoms with Crippen LogP contribution in [0.15, 0.2) is 18.2 Å². The van der Waals surface area contributed by atoms with E-state index < -0.39 is 11.6 Å². The highest BCUT2D eigenvalue weighted by Gasteiger charge is 2.30. The largest absolute Gasteiger partial charge is 0.478 e. The molecule has 1 aliphatic heterocycles. The first-order chi connectivity index (χ1) is 9.45. The molecule has 0 radical (unpaired) electrons. The number of aromatic carboxylic acids is 1. The summed E-state index contributed by atoms with van der Waals surface area (Å²) in [7, 11) is 0. The van der Waals surface area contributed by atoms with Gasteiger partial charge in [0.05, 0.1) is 16.2 Å². The normalized spacial score (nSPS) is 18.9. The van der Waals surface area contributed by atoms with Crippen LogP contribution in [0, 0.1) is 0 Å². The van der Waals surface area contributed by atoms with E-state index in [1.54, 1.807) is 6.07 Å². The van der Waals surface area contributed by atoms with Crippen LogP contribution in [0.1, 0.15) is 42.1 Å². The summed E-state index contributed by atoms with van der Waals surface area (Å²) in [4.78, 5) is 13.3. The summed E-state index contributed by atoms with van der Waals surface area (Å²) >= 11 is 6.15. The molecule has 1 aliphatic rings. The number of nitrogens with zero attached hydrogens (tertiary/aromatic N) is 1. The van der Waals surface area contributed by atoms with Crippen LogP contribution in [0.2, 0.25) is 5.02 Å². The van der Waals surface area contributed by atoms with E-state index in [-0.39, 0.29) is 5.56 Å². The maximum atomic E-state index is 11.1. The molecular weight excluding hydrogens is 278 g/mol. The molecule has 5 heteroatoms. The predicted molar refractivity (Wildman–Crippen MR) is 78.2 cm³/mol. The zero-order valence-electron chi connectivity index (χ0n) is 11.6. The van der Waals surface area contributed by atoms with E-state index in [1.165, 1.54) is 6.07 Å². The Morgan fingerprint density at radius 2 is 2.05 bits per heavy atom. The van der Waals surface area contributed by atoms with Crippen LogP contribution >= 0.6 is 11.6 Å². The molecule has 2 N–H and O–H groups in total. The third-order valence-corrected chi connectivity index (χ3v) is 4.59. The summed E-state index contributed by atoms with van der Waals surface area (Å²) in [6.45, 7) is 4.23. The minimum Gasteiger partial charge on any atom is -0.478 e. The van der Waals surface area contributed by atoms with Crippen molar-refractivity contribution >= 4 is 17.6 Å². The SMILES string of the molecule is CCC1(O)CCN(Cc2cccc(C(=O)O)c2Cl)CC1. The second-order valence-corrected chi connectivity index (χ2v) is 5.82. The summed E-state index contributed by atoms with van der Waals surface area (Å²) < 4.78 is 0. The number of carboxylic acids is 1. The summed E-state index contributed by atoms with van der Waals surface area (Å²) in [6, 6.07) is 5.09. The number of benzene rings is 1. The Bertz CT molecular complexity index is 496. The second-order valence-electron chi connectivity index (χ2n) is 5.44. The number of hydrogen-bond donors (Lipinski definition) is 2. The Balaban J connectivity index is 2.05. The summed E-state index contributed by atoms with van der Waals surface area (Å²) in [5.74, 6) is -1.00. The molecule has 0 bridgehead atoms. The van der Waals surface area contributed by atoms with Crippen molar-refractivity contribution < 1.29 is 15.0 Å². The van der Waals surface area contributed by atoms with Gasteiger partial charge in [-0.25, -0.2) is 4.79 Å². The van der Waals surface area contributed by atoms with E-state index in [1.807, 2.05) is 13.0 Å². The molecular formula is C15H20ClNO3. The van der Waals surface area contributed by atoms with Gasteiger partial charge in [-0.1, -0.05) is 30.7 Å². The molecule has 1 heterocycles. The Hall–Kier alpha value is -1.10. The first-order valence-electron chi connectivity index (χ1n) is 6.90. The lowest BCUT2D eigenvalue weighted by Gasteiger charge is -2.37. The van der Waals surface area contributed by atoms with Gasteiger partial charge in [-0.05, 0) is 30.9 Å². The van der Waals surface area contributed by atoms with E-state index >= 15 is 0 Å². The maximum absolute atomic E-state index is 11.1. The summed E-state index contributed by atoms with van der Waals surface area (Å²) in [5.41, 5.74) is 0.434. The van der Waals surface area contributed by atoms with Crippen molar-refractivity contribution in [2.45, 2.75) is 38.3 Å². The van der Waals surface area contributed by atoms with E-state index in [0.29, 0.717) is 11.6 Å². The van der Waals surface area contributed by atoms with E-state index in [4.69, 9.17) is 16.7 Å². The van der Waals surface area contributed by atoms with Crippen LogP contribution in [-0.4, -0.2) is 39.8 Å². The molecule has 1 saturated heterocycles. The van der Waals surface area contributed by atoms with Crippen molar-refractivity contribution in [3.8, 4) is 0 Å². The first kappa shape index (κ1) is 15.3. The van der Waals surface area contributed by atoms with Crippen molar-refractivity contribution in [1.29, 1.82) is 0 Å². The number of aliphatic hydroxyl groups is 1. The fraction of sp³-hybridized carbons (Fsp3) is 0.533. The standard InChI is InChI=1S/C15H20ClNO3/c1-2-15(20)6-8-17(9-7-15)10-11-4-3-5-12(13(11)16)14(18)19/h3-5,20H,2,6-10H2,1H3,(H,18,19). The molecule has 0 spiro atoms. The van der Waals surface area contributed by atoms with Gasteiger partial charge in [-0.15, -0.1) is 0 Å². The lowest BCUT2D eigenvalue weighted by atomic mass is 9.89. The average molecular weight is 298 g/mol. The fourth-order valence-corrected chi connectivity index (χ4v) is 2.86. The van der Waals surface area contributed by atoms with Gasteiger partial charge < -0.3 is 10.2 Å². The van der Waals surface area contributed by atoms with Crippen molar-refractivity contribution in [3.63, 3.8) is 0 Å². The third-order valence-electron chi connectivity index (χ3n) is 4.15. The van der Waals surface area contributed by atoms with Crippen molar-refractivity contribution in [2.75, 3.05) is 13.1 Å². The van der Waals surface area contributed by atoms with Gasteiger partial charge in [-0.2, -0.15) is 0 Å². The molecule has 0 aromatic heterocycles. The Kier molecular flexibility index (Phi) is 4.68. The quantitative estimate of drug-likeness (QED) is 0.897. The minimum absolute atomic E-state index is 0.145. The highest BCUT2D eigenvalue weighted by molar-refractivity contribution is 6.34. The number of piperidine rings is 1. The van der Waals surface area contributed by atoms with Gasteiger partial charge in [0.1, 0.15) is 0 Å². The average Bonchev–Trinajstić information content (AvgIpc) is 2.43. The number of halogens is 1. The monoisotopic (exact) mass is 297 g/mol. The minimum atomic E-state index is -1.00. The zero-order valence-corrected chi connectivity index (χ0v) is 12.4. The number of rotatable bonds is 4. The molecule has 1 aromatic carbocycles. The molecule has 1 aromatic rings. The number of likely N-dealkylation sites (tertiary alicyclic amines) is 1. The third kappa shape index (κ3) is 3.32. The molecule has 0 unspecified atom stereocenters. The van der Waals surface area contributed by atoms with Gasteiger partial charge in [0.25, 0.3) is 0 Å². The molecule has 0 aliphatic carbocycles. The zero-order chi connectivity index (χ0) is 14.8. The van der Waals surface area contributed by atoms with E-state index in [9.17, 15) is 9.90 Å². The van der Waals surface area contributed by atoms with Crippen LogP contribution in [0.3, 0.4) is 0 Å². The smallest absolute Gasteiger partial charge is 0.337 e. The number of carbonyl (C=O) groups is 1. The second kappa shape index (κ2) is 6.12. The summed E-state index contributed by atoms with van der Waals surface area (Å²) in [5, 5.41) is 19.6. The topological polar surface area (TPSA) is 60.8 Å².